The van der Waals surface area contributed by atoms with Gasteiger partial charge >= 0.3 is 5.97 Å². The van der Waals surface area contributed by atoms with Gasteiger partial charge in [-0.2, -0.15) is 0 Å². The van der Waals surface area contributed by atoms with Gasteiger partial charge in [0.05, 0.1) is 11.6 Å². The summed E-state index contributed by atoms with van der Waals surface area (Å²) in [6, 6.07) is 5.02. The summed E-state index contributed by atoms with van der Waals surface area (Å²) in [5.74, 6) is -1.41. The Morgan fingerprint density at radius 3 is 2.57 bits per heavy atom. The molecule has 0 bridgehead atoms. The van der Waals surface area contributed by atoms with E-state index < -0.39 is 11.8 Å². The third-order valence-electron chi connectivity index (χ3n) is 4.76. The van der Waals surface area contributed by atoms with Crippen LogP contribution in [0.1, 0.15) is 38.5 Å². The highest BCUT2D eigenvalue weighted by atomic mass is 19.1. The van der Waals surface area contributed by atoms with Crippen molar-refractivity contribution in [2.24, 2.45) is 5.92 Å². The zero-order valence-corrected chi connectivity index (χ0v) is 12.9. The molecule has 2 N–H and O–H groups in total. The summed E-state index contributed by atoms with van der Waals surface area (Å²) in [4.78, 5) is 24.2. The molecule has 1 aliphatic carbocycles. The lowest BCUT2D eigenvalue weighted by Gasteiger charge is -2.28. The van der Waals surface area contributed by atoms with Crippen LogP contribution in [0.4, 0.5) is 15.8 Å². The van der Waals surface area contributed by atoms with Crippen molar-refractivity contribution >= 4 is 23.3 Å². The van der Waals surface area contributed by atoms with Crippen molar-refractivity contribution in [2.45, 2.75) is 44.6 Å². The van der Waals surface area contributed by atoms with Crippen LogP contribution in [0.5, 0.6) is 0 Å². The largest absolute Gasteiger partial charge is 0.481 e. The molecule has 0 spiro atoms. The highest BCUT2D eigenvalue weighted by Gasteiger charge is 2.27. The second kappa shape index (κ2) is 6.56. The SMILES string of the molecule is O=C(O)C1CCC(Nc2ccc(N3CCCC3=O)c(F)c2)CC1. The number of aliphatic carboxylic acids is 1. The van der Waals surface area contributed by atoms with Crippen LogP contribution in [-0.2, 0) is 9.59 Å². The lowest BCUT2D eigenvalue weighted by Crippen LogP contribution is -2.29. The van der Waals surface area contributed by atoms with Crippen molar-refractivity contribution in [2.75, 3.05) is 16.8 Å². The highest BCUT2D eigenvalue weighted by molar-refractivity contribution is 5.95. The molecule has 1 aromatic carbocycles. The van der Waals surface area contributed by atoms with E-state index in [1.165, 1.54) is 11.0 Å². The van der Waals surface area contributed by atoms with Crippen LogP contribution in [0.2, 0.25) is 0 Å². The third kappa shape index (κ3) is 3.46. The Labute approximate surface area is 134 Å². The fourth-order valence-corrected chi connectivity index (χ4v) is 3.44. The molecule has 3 rings (SSSR count). The number of benzene rings is 1. The van der Waals surface area contributed by atoms with E-state index in [9.17, 15) is 14.0 Å². The number of hydrogen-bond acceptors (Lipinski definition) is 3. The molecular weight excluding hydrogens is 299 g/mol. The Balaban J connectivity index is 1.62. The molecule has 1 amide bonds. The van der Waals surface area contributed by atoms with Crippen molar-refractivity contribution < 1.29 is 19.1 Å². The summed E-state index contributed by atoms with van der Waals surface area (Å²) in [5, 5.41) is 12.3. The van der Waals surface area contributed by atoms with E-state index in [0.717, 1.165) is 19.3 Å². The van der Waals surface area contributed by atoms with Crippen LogP contribution in [0, 0.1) is 11.7 Å². The lowest BCUT2D eigenvalue weighted by atomic mass is 9.86. The first-order valence-electron chi connectivity index (χ1n) is 8.14. The second-order valence-corrected chi connectivity index (χ2v) is 6.35. The summed E-state index contributed by atoms with van der Waals surface area (Å²) in [5.41, 5.74) is 1.02. The molecule has 2 aliphatic rings. The number of halogens is 1. The summed E-state index contributed by atoms with van der Waals surface area (Å²) in [6.45, 7) is 0.571. The summed E-state index contributed by atoms with van der Waals surface area (Å²) in [6.07, 6.45) is 4.08. The number of amides is 1. The molecule has 1 aromatic rings. The molecule has 0 unspecified atom stereocenters. The number of nitrogens with zero attached hydrogens (tertiary/aromatic N) is 1. The van der Waals surface area contributed by atoms with Crippen molar-refractivity contribution in [1.82, 2.24) is 0 Å². The fraction of sp³-hybridized carbons (Fsp3) is 0.529. The minimum absolute atomic E-state index is 0.0309. The van der Waals surface area contributed by atoms with Gasteiger partial charge in [0.15, 0.2) is 0 Å². The van der Waals surface area contributed by atoms with Gasteiger partial charge in [-0.3, -0.25) is 9.59 Å². The van der Waals surface area contributed by atoms with Crippen LogP contribution in [-0.4, -0.2) is 29.6 Å². The molecule has 6 heteroatoms. The van der Waals surface area contributed by atoms with Crippen molar-refractivity contribution in [3.8, 4) is 0 Å². The Hall–Kier alpha value is -2.11. The number of rotatable bonds is 4. The Kier molecular flexibility index (Phi) is 4.50. The number of carbonyl (C=O) groups is 2. The van der Waals surface area contributed by atoms with Crippen LogP contribution >= 0.6 is 0 Å². The Bertz CT molecular complexity index is 612. The van der Waals surface area contributed by atoms with Crippen LogP contribution in [0.3, 0.4) is 0 Å². The number of hydrogen-bond donors (Lipinski definition) is 2. The van der Waals surface area contributed by atoms with Gasteiger partial charge in [-0.15, -0.1) is 0 Å². The van der Waals surface area contributed by atoms with Gasteiger partial charge in [0.1, 0.15) is 5.82 Å². The monoisotopic (exact) mass is 320 g/mol. The van der Waals surface area contributed by atoms with Gasteiger partial charge in [-0.25, -0.2) is 4.39 Å². The van der Waals surface area contributed by atoms with E-state index in [2.05, 4.69) is 5.32 Å². The van der Waals surface area contributed by atoms with Crippen molar-refractivity contribution in [1.29, 1.82) is 0 Å². The zero-order chi connectivity index (χ0) is 16.4. The number of carboxylic acids is 1. The Morgan fingerprint density at radius 1 is 1.26 bits per heavy atom. The van der Waals surface area contributed by atoms with Gasteiger partial charge in [-0.1, -0.05) is 0 Å². The molecule has 1 saturated carbocycles. The summed E-state index contributed by atoms with van der Waals surface area (Å²) in [7, 11) is 0. The minimum atomic E-state index is -0.728. The molecule has 124 valence electrons. The van der Waals surface area contributed by atoms with E-state index in [1.54, 1.807) is 12.1 Å². The smallest absolute Gasteiger partial charge is 0.306 e. The highest BCUT2D eigenvalue weighted by Crippen LogP contribution is 2.30. The molecular formula is C17H21FN2O3. The number of carbonyl (C=O) groups excluding carboxylic acids is 1. The minimum Gasteiger partial charge on any atom is -0.481 e. The topological polar surface area (TPSA) is 69.6 Å². The number of carboxylic acid groups (broad SMARTS) is 1. The predicted molar refractivity (Wildman–Crippen MR) is 85.0 cm³/mol. The molecule has 1 aliphatic heterocycles. The van der Waals surface area contributed by atoms with Crippen LogP contribution in [0.15, 0.2) is 18.2 Å². The molecule has 2 fully saturated rings. The molecule has 1 saturated heterocycles. The second-order valence-electron chi connectivity index (χ2n) is 6.35. The Morgan fingerprint density at radius 2 is 2.00 bits per heavy atom. The van der Waals surface area contributed by atoms with Gasteiger partial charge in [0.25, 0.3) is 0 Å². The van der Waals surface area contributed by atoms with Crippen molar-refractivity contribution in [3.05, 3.63) is 24.0 Å². The van der Waals surface area contributed by atoms with Gasteiger partial charge < -0.3 is 15.3 Å². The summed E-state index contributed by atoms with van der Waals surface area (Å²) >= 11 is 0. The standard InChI is InChI=1S/C17H21FN2O3/c18-14-10-13(7-8-15(14)20-9-1-2-16(20)21)19-12-5-3-11(4-6-12)17(22)23/h7-8,10-12,19H,1-6,9H2,(H,22,23). The maximum Gasteiger partial charge on any atom is 0.306 e. The van der Waals surface area contributed by atoms with E-state index in [-0.39, 0.29) is 17.9 Å². The third-order valence-corrected chi connectivity index (χ3v) is 4.76. The predicted octanol–water partition coefficient (Wildman–Crippen LogP) is 3.01. The number of anilines is 2. The fourth-order valence-electron chi connectivity index (χ4n) is 3.44. The molecule has 0 aromatic heterocycles. The molecule has 0 radical (unpaired) electrons. The van der Waals surface area contributed by atoms with Crippen LogP contribution in [0.25, 0.3) is 0 Å². The molecule has 23 heavy (non-hydrogen) atoms. The van der Waals surface area contributed by atoms with E-state index >= 15 is 0 Å². The van der Waals surface area contributed by atoms with Gasteiger partial charge in [-0.05, 0) is 50.3 Å². The van der Waals surface area contributed by atoms with Crippen molar-refractivity contribution in [3.63, 3.8) is 0 Å². The maximum absolute atomic E-state index is 14.3. The van der Waals surface area contributed by atoms with E-state index in [4.69, 9.17) is 5.11 Å². The maximum atomic E-state index is 14.3. The zero-order valence-electron chi connectivity index (χ0n) is 12.9. The van der Waals surface area contributed by atoms with E-state index in [0.29, 0.717) is 37.2 Å². The average molecular weight is 320 g/mol. The molecule has 1 heterocycles. The lowest BCUT2D eigenvalue weighted by molar-refractivity contribution is -0.142. The molecule has 0 atom stereocenters. The average Bonchev–Trinajstić information content (AvgIpc) is 2.94. The van der Waals surface area contributed by atoms with Gasteiger partial charge in [0.2, 0.25) is 5.91 Å². The number of nitrogens with one attached hydrogen (secondary N) is 1. The van der Waals surface area contributed by atoms with Gasteiger partial charge in [0, 0.05) is 24.7 Å². The van der Waals surface area contributed by atoms with E-state index in [1.807, 2.05) is 0 Å². The first-order valence-corrected chi connectivity index (χ1v) is 8.14. The summed E-state index contributed by atoms with van der Waals surface area (Å²) < 4.78 is 14.3. The normalized spacial score (nSPS) is 24.7. The van der Waals surface area contributed by atoms with Crippen LogP contribution < -0.4 is 10.2 Å². The first-order chi connectivity index (χ1) is 11.0. The first kappa shape index (κ1) is 15.8. The molecule has 5 nitrogen and oxygen atoms in total. The quantitative estimate of drug-likeness (QED) is 0.895.